The number of nitroso groups, excluding NO2 is 1. The fourth-order valence-electron chi connectivity index (χ4n) is 1.26. The number of aromatic nitrogens is 2. The Kier molecular flexibility index (Phi) is 8.73. The van der Waals surface area contributed by atoms with Crippen molar-refractivity contribution in [1.29, 1.82) is 0 Å². The van der Waals surface area contributed by atoms with Gasteiger partial charge in [-0.2, -0.15) is 0 Å². The highest BCUT2D eigenvalue weighted by molar-refractivity contribution is 7.71. The van der Waals surface area contributed by atoms with E-state index in [1.165, 1.54) is 5.01 Å². The van der Waals surface area contributed by atoms with Crippen molar-refractivity contribution in [2.75, 3.05) is 13.1 Å². The molecule has 1 aromatic heterocycles. The number of hydrogen-bond donors (Lipinski definition) is 2. The van der Waals surface area contributed by atoms with Crippen LogP contribution in [0.2, 0.25) is 0 Å². The van der Waals surface area contributed by atoms with Gasteiger partial charge in [0.15, 0.2) is 4.77 Å². The van der Waals surface area contributed by atoms with Gasteiger partial charge in [0.1, 0.15) is 0 Å². The average molecular weight is 272 g/mol. The van der Waals surface area contributed by atoms with Crippen LogP contribution in [0.4, 0.5) is 0 Å². The Labute approximate surface area is 111 Å². The van der Waals surface area contributed by atoms with Crippen LogP contribution in [0.5, 0.6) is 0 Å². The molecule has 1 rings (SSSR count). The smallest absolute Gasteiger partial charge is 0.251 e. The maximum absolute atomic E-state index is 10.8. The van der Waals surface area contributed by atoms with Crippen LogP contribution in [0.25, 0.3) is 0 Å². The molecule has 0 aliphatic heterocycles. The molecule has 18 heavy (non-hydrogen) atoms. The molecule has 102 valence electrons. The summed E-state index contributed by atoms with van der Waals surface area (Å²) in [6, 6.07) is 1.54. The minimum Gasteiger partial charge on any atom is -0.336 e. The summed E-state index contributed by atoms with van der Waals surface area (Å²) in [6.45, 7) is 7.26. The molecule has 6 nitrogen and oxygen atoms in total. The maximum Gasteiger partial charge on any atom is 0.251 e. The molecule has 0 amide bonds. The number of nitrogens with zero attached hydrogens (tertiary/aromatic N) is 2. The van der Waals surface area contributed by atoms with Crippen molar-refractivity contribution in [1.82, 2.24) is 15.0 Å². The molecule has 0 unspecified atom stereocenters. The summed E-state index contributed by atoms with van der Waals surface area (Å²) in [6.07, 6.45) is 1.88. The van der Waals surface area contributed by atoms with Crippen LogP contribution >= 0.6 is 12.2 Å². The maximum atomic E-state index is 10.8. The largest absolute Gasteiger partial charge is 0.336 e. The molecule has 0 saturated carbocycles. The molecule has 0 bridgehead atoms. The van der Waals surface area contributed by atoms with E-state index in [0.717, 1.165) is 18.5 Å². The summed E-state index contributed by atoms with van der Waals surface area (Å²) in [4.78, 5) is 25.9. The van der Waals surface area contributed by atoms with E-state index < -0.39 is 0 Å². The molecule has 0 radical (unpaired) electrons. The minimum absolute atomic E-state index is 0.128. The van der Waals surface area contributed by atoms with Gasteiger partial charge in [0.25, 0.3) is 5.56 Å². The zero-order valence-corrected chi connectivity index (χ0v) is 11.8. The van der Waals surface area contributed by atoms with Gasteiger partial charge in [-0.1, -0.05) is 13.3 Å². The molecule has 0 aromatic carbocycles. The Morgan fingerprint density at radius 1 is 1.28 bits per heavy atom. The van der Waals surface area contributed by atoms with Crippen LogP contribution in [-0.2, 0) is 6.42 Å². The highest BCUT2D eigenvalue weighted by atomic mass is 32.1. The first kappa shape index (κ1) is 16.5. The normalized spacial score (nSPS) is 9.28. The Morgan fingerprint density at radius 2 is 1.89 bits per heavy atom. The van der Waals surface area contributed by atoms with E-state index in [9.17, 15) is 9.70 Å². The molecular formula is C11H20N4O2S. The Bertz CT molecular complexity index is 423. The molecule has 7 heteroatoms. The van der Waals surface area contributed by atoms with Crippen molar-refractivity contribution in [3.8, 4) is 0 Å². The van der Waals surface area contributed by atoms with Crippen molar-refractivity contribution in [3.05, 3.63) is 31.8 Å². The van der Waals surface area contributed by atoms with Gasteiger partial charge in [-0.05, 0) is 32.5 Å². The standard InChI is InChI=1S/C7H10N2OS.C4H10N2O/c1-2-3-5-4-6(10)9-7(11)8-5;1-3-6(4-2)5-7/h4H,2-3H2,1H3,(H2,8,9,10,11);3-4H2,1-2H3. The zero-order valence-electron chi connectivity index (χ0n) is 11.0. The van der Waals surface area contributed by atoms with Gasteiger partial charge in [-0.25, -0.2) is 0 Å². The monoisotopic (exact) mass is 272 g/mol. The van der Waals surface area contributed by atoms with Gasteiger partial charge >= 0.3 is 0 Å². The Hall–Kier alpha value is -1.50. The molecule has 0 aliphatic rings. The third-order valence-corrected chi connectivity index (χ3v) is 2.39. The van der Waals surface area contributed by atoms with Crippen LogP contribution < -0.4 is 5.56 Å². The number of hydrogen-bond acceptors (Lipinski definition) is 4. The van der Waals surface area contributed by atoms with E-state index in [0.29, 0.717) is 17.9 Å². The van der Waals surface area contributed by atoms with E-state index in [1.54, 1.807) is 6.07 Å². The number of aryl methyl sites for hydroxylation is 1. The highest BCUT2D eigenvalue weighted by Gasteiger charge is 1.91. The van der Waals surface area contributed by atoms with E-state index in [4.69, 9.17) is 12.2 Å². The van der Waals surface area contributed by atoms with Gasteiger partial charge in [0.05, 0.1) is 5.29 Å². The first-order valence-corrected chi connectivity index (χ1v) is 6.38. The summed E-state index contributed by atoms with van der Waals surface area (Å²) in [5, 5.41) is 4.15. The second-order valence-corrected chi connectivity index (χ2v) is 3.99. The van der Waals surface area contributed by atoms with Crippen LogP contribution in [0.15, 0.2) is 16.1 Å². The minimum atomic E-state index is -0.128. The predicted octanol–water partition coefficient (Wildman–Crippen LogP) is 2.39. The molecule has 0 fully saturated rings. The molecular weight excluding hydrogens is 252 g/mol. The third-order valence-electron chi connectivity index (χ3n) is 2.18. The van der Waals surface area contributed by atoms with Gasteiger partial charge in [0, 0.05) is 24.8 Å². The quantitative estimate of drug-likeness (QED) is 0.490. The lowest BCUT2D eigenvalue weighted by molar-refractivity contribution is 0.317. The van der Waals surface area contributed by atoms with Gasteiger partial charge < -0.3 is 4.98 Å². The Morgan fingerprint density at radius 3 is 2.22 bits per heavy atom. The summed E-state index contributed by atoms with van der Waals surface area (Å²) < 4.78 is 0.404. The fraction of sp³-hybridized carbons (Fsp3) is 0.636. The molecule has 0 atom stereocenters. The van der Waals surface area contributed by atoms with Gasteiger partial charge in [0.2, 0.25) is 0 Å². The van der Waals surface area contributed by atoms with Crippen molar-refractivity contribution < 1.29 is 0 Å². The first-order chi connectivity index (χ1) is 8.57. The van der Waals surface area contributed by atoms with Crippen LogP contribution in [0, 0.1) is 9.68 Å². The number of aromatic amines is 2. The van der Waals surface area contributed by atoms with Crippen molar-refractivity contribution >= 4 is 12.2 Å². The number of H-pyrrole nitrogens is 2. The second-order valence-electron chi connectivity index (χ2n) is 3.58. The molecule has 0 saturated heterocycles. The topological polar surface area (TPSA) is 81.3 Å². The van der Waals surface area contributed by atoms with Crippen molar-refractivity contribution in [2.24, 2.45) is 5.29 Å². The van der Waals surface area contributed by atoms with Gasteiger partial charge in [-0.15, -0.1) is 4.91 Å². The number of rotatable bonds is 5. The summed E-state index contributed by atoms with van der Waals surface area (Å²) in [5.74, 6) is 0. The van der Waals surface area contributed by atoms with Crippen LogP contribution in [0.3, 0.4) is 0 Å². The predicted molar refractivity (Wildman–Crippen MR) is 75.0 cm³/mol. The van der Waals surface area contributed by atoms with E-state index in [-0.39, 0.29) is 5.56 Å². The SMILES string of the molecule is CCCc1cc(=O)[nH]c(=S)[nH]1.CCN(CC)N=O. The van der Waals surface area contributed by atoms with E-state index in [1.807, 2.05) is 13.8 Å². The first-order valence-electron chi connectivity index (χ1n) is 5.98. The third kappa shape index (κ3) is 6.95. The number of nitrogens with one attached hydrogen (secondary N) is 2. The molecule has 0 spiro atoms. The van der Waals surface area contributed by atoms with Crippen LogP contribution in [-0.4, -0.2) is 28.1 Å². The molecule has 1 heterocycles. The summed E-state index contributed by atoms with van der Waals surface area (Å²) in [7, 11) is 0. The lowest BCUT2D eigenvalue weighted by atomic mass is 10.2. The van der Waals surface area contributed by atoms with E-state index in [2.05, 4.69) is 22.2 Å². The second kappa shape index (κ2) is 9.52. The lowest BCUT2D eigenvalue weighted by Crippen LogP contribution is -2.14. The van der Waals surface area contributed by atoms with Crippen molar-refractivity contribution in [2.45, 2.75) is 33.6 Å². The lowest BCUT2D eigenvalue weighted by Gasteiger charge is -2.06. The van der Waals surface area contributed by atoms with Crippen LogP contribution in [0.1, 0.15) is 32.9 Å². The molecule has 2 N–H and O–H groups in total. The molecule has 1 aromatic rings. The van der Waals surface area contributed by atoms with E-state index >= 15 is 0 Å². The van der Waals surface area contributed by atoms with Gasteiger partial charge in [-0.3, -0.25) is 14.8 Å². The zero-order chi connectivity index (χ0) is 14.0. The highest BCUT2D eigenvalue weighted by Crippen LogP contribution is 1.93. The summed E-state index contributed by atoms with van der Waals surface area (Å²) in [5.41, 5.74) is 0.776. The fourth-order valence-corrected chi connectivity index (χ4v) is 1.49. The molecule has 0 aliphatic carbocycles. The average Bonchev–Trinajstić information content (AvgIpc) is 2.31. The summed E-state index contributed by atoms with van der Waals surface area (Å²) >= 11 is 4.79. The van der Waals surface area contributed by atoms with Crippen molar-refractivity contribution in [3.63, 3.8) is 0 Å². The Balaban J connectivity index is 0.000000360.